The molecule has 0 N–H and O–H groups in total. The largest absolute Gasteiger partial charge is 0.163 e. The van der Waals surface area contributed by atoms with Crippen LogP contribution in [0.1, 0.15) is 0 Å². The van der Waals surface area contributed by atoms with Crippen molar-refractivity contribution < 1.29 is 0 Å². The molecule has 1 aliphatic heterocycles. The molecule has 0 amide bonds. The first-order valence-electron chi connectivity index (χ1n) is 2.13. The standard InChI is InChI=1S/C4H6S4/c5-3-4(6)8-2-1-7-3/h1-6H. The lowest BCUT2D eigenvalue weighted by atomic mass is 10.9. The van der Waals surface area contributed by atoms with E-state index in [0.29, 0.717) is 9.16 Å². The van der Waals surface area contributed by atoms with Gasteiger partial charge in [-0.3, -0.25) is 0 Å². The average Bonchev–Trinajstić information content (AvgIpc) is 1.77. The molecule has 0 saturated heterocycles. The molecule has 0 aliphatic carbocycles. The summed E-state index contributed by atoms with van der Waals surface area (Å²) in [5, 5.41) is 4.10. The Morgan fingerprint density at radius 3 is 1.62 bits per heavy atom. The maximum atomic E-state index is 4.27. The van der Waals surface area contributed by atoms with Crippen molar-refractivity contribution in [2.24, 2.45) is 0 Å². The third-order valence-corrected chi connectivity index (χ3v) is 4.73. The second kappa shape index (κ2) is 3.34. The summed E-state index contributed by atoms with van der Waals surface area (Å²) in [6.45, 7) is 0. The molecule has 0 spiro atoms. The zero-order valence-corrected chi connectivity index (χ0v) is 7.44. The van der Waals surface area contributed by atoms with Crippen LogP contribution in [0.4, 0.5) is 0 Å². The van der Waals surface area contributed by atoms with E-state index in [1.54, 1.807) is 23.5 Å². The van der Waals surface area contributed by atoms with Gasteiger partial charge in [-0.2, -0.15) is 25.3 Å². The van der Waals surface area contributed by atoms with Crippen LogP contribution in [0.5, 0.6) is 0 Å². The molecular formula is C4H6S4. The van der Waals surface area contributed by atoms with Crippen molar-refractivity contribution in [3.63, 3.8) is 0 Å². The van der Waals surface area contributed by atoms with Crippen molar-refractivity contribution in [3.8, 4) is 0 Å². The molecule has 1 aliphatic rings. The molecule has 0 nitrogen and oxygen atoms in total. The summed E-state index contributed by atoms with van der Waals surface area (Å²) in [6.07, 6.45) is 0. The van der Waals surface area contributed by atoms with E-state index >= 15 is 0 Å². The van der Waals surface area contributed by atoms with Gasteiger partial charge in [0, 0.05) is 0 Å². The summed E-state index contributed by atoms with van der Waals surface area (Å²) in [6, 6.07) is 0. The molecule has 0 aromatic heterocycles. The van der Waals surface area contributed by atoms with Crippen molar-refractivity contribution in [3.05, 3.63) is 10.8 Å². The van der Waals surface area contributed by atoms with Gasteiger partial charge in [-0.15, -0.1) is 23.5 Å². The predicted octanol–water partition coefficient (Wildman–Crippen LogP) is 2.45. The van der Waals surface area contributed by atoms with Crippen LogP contribution in [0, 0.1) is 0 Å². The number of thioether (sulfide) groups is 2. The van der Waals surface area contributed by atoms with Gasteiger partial charge in [-0.05, 0) is 10.8 Å². The highest BCUT2D eigenvalue weighted by atomic mass is 32.2. The first kappa shape index (κ1) is 7.25. The zero-order valence-electron chi connectivity index (χ0n) is 4.02. The Hall–Kier alpha value is 1.14. The van der Waals surface area contributed by atoms with Crippen LogP contribution < -0.4 is 0 Å². The number of hydrogen-bond donors (Lipinski definition) is 2. The summed E-state index contributed by atoms with van der Waals surface area (Å²) in [5.74, 6) is 0. The molecule has 0 bridgehead atoms. The smallest absolute Gasteiger partial charge is 0.0724 e. The Balaban J connectivity index is 2.44. The Bertz CT molecular complexity index is 88.2. The highest BCUT2D eigenvalue weighted by Gasteiger charge is 2.15. The van der Waals surface area contributed by atoms with Crippen LogP contribution in [-0.4, -0.2) is 9.16 Å². The van der Waals surface area contributed by atoms with Crippen LogP contribution in [0.3, 0.4) is 0 Å². The van der Waals surface area contributed by atoms with Crippen molar-refractivity contribution in [2.75, 3.05) is 0 Å². The topological polar surface area (TPSA) is 0 Å². The maximum Gasteiger partial charge on any atom is 0.0724 e. The molecule has 2 unspecified atom stereocenters. The van der Waals surface area contributed by atoms with Crippen molar-refractivity contribution >= 4 is 48.8 Å². The molecule has 0 saturated carbocycles. The van der Waals surface area contributed by atoms with Crippen LogP contribution in [0.2, 0.25) is 0 Å². The van der Waals surface area contributed by atoms with Crippen LogP contribution in [0.25, 0.3) is 0 Å². The monoisotopic (exact) mass is 182 g/mol. The second-order valence-corrected chi connectivity index (χ2v) is 5.24. The van der Waals surface area contributed by atoms with Gasteiger partial charge in [0.25, 0.3) is 0 Å². The molecule has 0 aromatic carbocycles. The molecule has 0 fully saturated rings. The first-order valence-corrected chi connectivity index (χ1v) is 5.04. The summed E-state index contributed by atoms with van der Waals surface area (Å²) >= 11 is 12.0. The molecule has 1 rings (SSSR count). The van der Waals surface area contributed by atoms with Crippen molar-refractivity contribution in [1.82, 2.24) is 0 Å². The number of thiol groups is 2. The fourth-order valence-electron chi connectivity index (χ4n) is 0.360. The average molecular weight is 182 g/mol. The second-order valence-electron chi connectivity index (χ2n) is 1.33. The van der Waals surface area contributed by atoms with E-state index in [1.165, 1.54) is 0 Å². The Morgan fingerprint density at radius 2 is 1.38 bits per heavy atom. The normalized spacial score (nSPS) is 37.8. The molecule has 46 valence electrons. The van der Waals surface area contributed by atoms with E-state index in [0.717, 1.165) is 0 Å². The molecule has 4 heteroatoms. The van der Waals surface area contributed by atoms with Gasteiger partial charge in [0.1, 0.15) is 0 Å². The first-order chi connectivity index (χ1) is 3.80. The number of hydrogen-bond acceptors (Lipinski definition) is 4. The molecule has 0 aromatic rings. The van der Waals surface area contributed by atoms with E-state index in [9.17, 15) is 0 Å². The van der Waals surface area contributed by atoms with E-state index in [-0.39, 0.29) is 0 Å². The van der Waals surface area contributed by atoms with Crippen LogP contribution >= 0.6 is 48.8 Å². The SMILES string of the molecule is SC1SC=CSC1S. The third-order valence-electron chi connectivity index (χ3n) is 0.735. The molecule has 2 atom stereocenters. The lowest BCUT2D eigenvalue weighted by molar-refractivity contribution is 1.39. The summed E-state index contributed by atoms with van der Waals surface area (Å²) < 4.78 is 0.710. The summed E-state index contributed by atoms with van der Waals surface area (Å²) in [4.78, 5) is 0. The van der Waals surface area contributed by atoms with E-state index in [1.807, 2.05) is 0 Å². The molecule has 0 radical (unpaired) electrons. The fraction of sp³-hybridized carbons (Fsp3) is 0.500. The Kier molecular flexibility index (Phi) is 3.03. The molecular weight excluding hydrogens is 176 g/mol. The van der Waals surface area contributed by atoms with E-state index in [2.05, 4.69) is 36.1 Å². The van der Waals surface area contributed by atoms with Crippen molar-refractivity contribution in [2.45, 2.75) is 9.16 Å². The van der Waals surface area contributed by atoms with Gasteiger partial charge in [0.05, 0.1) is 9.16 Å². The molecule has 1 heterocycles. The third kappa shape index (κ3) is 1.83. The lowest BCUT2D eigenvalue weighted by Crippen LogP contribution is -2.06. The Morgan fingerprint density at radius 1 is 1.00 bits per heavy atom. The molecule has 8 heavy (non-hydrogen) atoms. The quantitative estimate of drug-likeness (QED) is 0.552. The number of rotatable bonds is 0. The fourth-order valence-corrected chi connectivity index (χ4v) is 2.69. The van der Waals surface area contributed by atoms with E-state index in [4.69, 9.17) is 0 Å². The highest BCUT2D eigenvalue weighted by molar-refractivity contribution is 8.20. The summed E-state index contributed by atoms with van der Waals surface area (Å²) in [5.41, 5.74) is 0. The van der Waals surface area contributed by atoms with Gasteiger partial charge in [-0.25, -0.2) is 0 Å². The maximum absolute atomic E-state index is 4.27. The lowest BCUT2D eigenvalue weighted by Gasteiger charge is -2.16. The zero-order chi connectivity index (χ0) is 5.98. The Labute approximate surface area is 68.7 Å². The minimum Gasteiger partial charge on any atom is -0.163 e. The minimum atomic E-state index is 0.355. The van der Waals surface area contributed by atoms with Gasteiger partial charge in [-0.1, -0.05) is 0 Å². The van der Waals surface area contributed by atoms with Gasteiger partial charge in [0.15, 0.2) is 0 Å². The van der Waals surface area contributed by atoms with Crippen LogP contribution in [-0.2, 0) is 0 Å². The van der Waals surface area contributed by atoms with E-state index < -0.39 is 0 Å². The van der Waals surface area contributed by atoms with Crippen LogP contribution in [0.15, 0.2) is 10.8 Å². The van der Waals surface area contributed by atoms with Gasteiger partial charge in [0.2, 0.25) is 0 Å². The van der Waals surface area contributed by atoms with Gasteiger partial charge >= 0.3 is 0 Å². The summed E-state index contributed by atoms with van der Waals surface area (Å²) in [7, 11) is 0. The minimum absolute atomic E-state index is 0.355. The van der Waals surface area contributed by atoms with Gasteiger partial charge < -0.3 is 0 Å². The highest BCUT2D eigenvalue weighted by Crippen LogP contribution is 2.36. The predicted molar refractivity (Wildman–Crippen MR) is 49.9 cm³/mol. The van der Waals surface area contributed by atoms with Crippen molar-refractivity contribution in [1.29, 1.82) is 0 Å².